The molecule has 1 amide bonds. The van der Waals surface area contributed by atoms with E-state index in [9.17, 15) is 27.9 Å². The summed E-state index contributed by atoms with van der Waals surface area (Å²) in [6.07, 6.45) is 11.2. The number of benzene rings is 2. The number of aromatic amines is 1. The summed E-state index contributed by atoms with van der Waals surface area (Å²) in [6, 6.07) is 19.4. The largest absolute Gasteiger partial charge is 0.629 e. The van der Waals surface area contributed by atoms with E-state index in [1.54, 1.807) is 12.1 Å². The van der Waals surface area contributed by atoms with Gasteiger partial charge in [0.25, 0.3) is 21.8 Å². The molecular formula is C59H74FN11O8S. The first-order valence-corrected chi connectivity index (χ1v) is 29.6. The normalized spacial score (nSPS) is 23.0. The lowest BCUT2D eigenvalue weighted by Gasteiger charge is -2.58. The number of hydrogen-bond donors (Lipinski definition) is 6. The molecule has 6 N–H and O–H groups in total. The zero-order valence-electron chi connectivity index (χ0n) is 46.5. The highest BCUT2D eigenvalue weighted by Crippen LogP contribution is 2.54. The van der Waals surface area contributed by atoms with Gasteiger partial charge < -0.3 is 50.1 Å². The lowest BCUT2D eigenvalue weighted by atomic mass is 9.59. The number of H-pyrrole nitrogens is 1. The predicted molar refractivity (Wildman–Crippen MR) is 304 cm³/mol. The number of piperidine rings is 1. The number of piperazine rings is 1. The zero-order valence-corrected chi connectivity index (χ0v) is 47.3. The van der Waals surface area contributed by atoms with E-state index in [-0.39, 0.29) is 73.9 Å². The van der Waals surface area contributed by atoms with Crippen molar-refractivity contribution >= 4 is 49.8 Å². The molecule has 426 valence electrons. The maximum absolute atomic E-state index is 15.0. The number of carbonyl (C=O) groups is 1. The third kappa shape index (κ3) is 11.5. The topological polar surface area (TPSA) is 227 Å². The number of nitrogens with one attached hydrogen (secondary N) is 5. The Hall–Kier alpha value is -6.62. The van der Waals surface area contributed by atoms with Crippen LogP contribution in [0.15, 0.2) is 84.1 Å². The Morgan fingerprint density at radius 3 is 2.55 bits per heavy atom. The summed E-state index contributed by atoms with van der Waals surface area (Å²) in [5.41, 5.74) is 5.38. The SMILES string of the molecule is COc1nc2[nH]cc(F)c2cc1Oc1cc(N2CCC3(CC2)CC(N2CCN(Cc4ccnc5c4NCC(C)O5)C[C@H]2c2ccccc2C(C)C)C3)ccc1C(=O)NS(=O)(=O)c1cnc(NCC2CCC(C)(O)CC2)c([NH+](C)[O-])c1. The third-order valence-corrected chi connectivity index (χ3v) is 18.7. The van der Waals surface area contributed by atoms with Gasteiger partial charge in [0.15, 0.2) is 17.3 Å². The number of quaternary nitrogens is 1. The van der Waals surface area contributed by atoms with E-state index in [1.165, 1.54) is 55.2 Å². The van der Waals surface area contributed by atoms with Crippen molar-refractivity contribution in [2.45, 2.75) is 120 Å². The quantitative estimate of drug-likeness (QED) is 0.0504. The zero-order chi connectivity index (χ0) is 56.1. The maximum Gasteiger partial charge on any atom is 0.268 e. The van der Waals surface area contributed by atoms with E-state index in [0.29, 0.717) is 37.2 Å². The Morgan fingerprint density at radius 1 is 1.02 bits per heavy atom. The molecule has 2 saturated carbocycles. The summed E-state index contributed by atoms with van der Waals surface area (Å²) in [5, 5.41) is 29.8. The molecule has 3 aliphatic heterocycles. The molecule has 5 aliphatic rings. The van der Waals surface area contributed by atoms with E-state index < -0.39 is 32.4 Å². The Bertz CT molecular complexity index is 3350. The van der Waals surface area contributed by atoms with E-state index >= 15 is 0 Å². The molecule has 1 spiro atoms. The number of aromatic nitrogens is 4. The number of fused-ring (bicyclic) bond motifs is 2. The van der Waals surface area contributed by atoms with E-state index in [1.807, 2.05) is 13.1 Å². The van der Waals surface area contributed by atoms with Gasteiger partial charge in [-0.3, -0.25) is 14.6 Å². The minimum Gasteiger partial charge on any atom is -0.629 e. The number of halogens is 1. The number of sulfonamides is 1. The lowest BCUT2D eigenvalue weighted by Crippen LogP contribution is -2.98. The van der Waals surface area contributed by atoms with Crippen molar-refractivity contribution < 1.29 is 42.0 Å². The number of amides is 1. The number of carbonyl (C=O) groups excluding carboxylic acids is 1. The average molecular weight is 1120 g/mol. The molecule has 2 aromatic carbocycles. The predicted octanol–water partition coefficient (Wildman–Crippen LogP) is 8.03. The Balaban J connectivity index is 0.801. The molecule has 80 heavy (non-hydrogen) atoms. The van der Waals surface area contributed by atoms with Gasteiger partial charge in [0.1, 0.15) is 33.9 Å². The Kier molecular flexibility index (Phi) is 15.5. The van der Waals surface area contributed by atoms with Gasteiger partial charge in [0, 0.05) is 94.2 Å². The van der Waals surface area contributed by atoms with Gasteiger partial charge in [-0.05, 0) is 117 Å². The van der Waals surface area contributed by atoms with E-state index in [4.69, 9.17) is 14.2 Å². The fourth-order valence-electron chi connectivity index (χ4n) is 12.8. The van der Waals surface area contributed by atoms with Crippen LogP contribution in [-0.2, 0) is 16.6 Å². The van der Waals surface area contributed by atoms with Crippen LogP contribution < -0.4 is 39.5 Å². The van der Waals surface area contributed by atoms with Crippen LogP contribution in [0.25, 0.3) is 11.0 Å². The molecule has 3 atom stereocenters. The third-order valence-electron chi connectivity index (χ3n) is 17.4. The van der Waals surface area contributed by atoms with Gasteiger partial charge >= 0.3 is 0 Å². The van der Waals surface area contributed by atoms with Gasteiger partial charge in [-0.15, -0.1) is 0 Å². The maximum atomic E-state index is 15.0. The van der Waals surface area contributed by atoms with Crippen LogP contribution in [-0.4, -0.2) is 127 Å². The summed E-state index contributed by atoms with van der Waals surface area (Å²) in [7, 11) is -1.88. The number of ether oxygens (including phenoxy) is 3. The Labute approximate surface area is 467 Å². The van der Waals surface area contributed by atoms with Gasteiger partial charge in [0.05, 0.1) is 43.4 Å². The number of aliphatic hydroxyl groups is 1. The van der Waals surface area contributed by atoms with Crippen molar-refractivity contribution in [2.75, 3.05) is 75.5 Å². The van der Waals surface area contributed by atoms with Crippen LogP contribution >= 0.6 is 0 Å². The monoisotopic (exact) mass is 1120 g/mol. The molecule has 2 unspecified atom stereocenters. The highest BCUT2D eigenvalue weighted by atomic mass is 32.2. The smallest absolute Gasteiger partial charge is 0.268 e. The molecular weight excluding hydrogens is 1040 g/mol. The molecule has 2 saturated heterocycles. The van der Waals surface area contributed by atoms with Crippen LogP contribution in [0.2, 0.25) is 0 Å². The fraction of sp³-hybridized carbons (Fsp3) is 0.492. The van der Waals surface area contributed by atoms with Crippen molar-refractivity contribution in [1.82, 2.24) is 34.5 Å². The number of anilines is 3. The average Bonchev–Trinajstić information content (AvgIpc) is 3.85. The number of pyridine rings is 3. The number of nitrogens with zero attached hydrogens (tertiary/aromatic N) is 6. The fourth-order valence-corrected chi connectivity index (χ4v) is 13.7. The summed E-state index contributed by atoms with van der Waals surface area (Å²) in [6.45, 7) is 14.8. The molecule has 4 fully saturated rings. The minimum atomic E-state index is -4.60. The minimum absolute atomic E-state index is 0.00390. The van der Waals surface area contributed by atoms with Crippen LogP contribution in [0.5, 0.6) is 23.3 Å². The highest BCUT2D eigenvalue weighted by Gasteiger charge is 2.50. The van der Waals surface area contributed by atoms with Crippen molar-refractivity contribution in [3.8, 4) is 23.3 Å². The van der Waals surface area contributed by atoms with Gasteiger partial charge in [-0.25, -0.2) is 27.5 Å². The molecule has 0 radical (unpaired) electrons. The molecule has 6 aromatic rings. The van der Waals surface area contributed by atoms with Crippen LogP contribution in [0.3, 0.4) is 0 Å². The van der Waals surface area contributed by atoms with Crippen LogP contribution in [0.4, 0.5) is 27.3 Å². The van der Waals surface area contributed by atoms with Crippen LogP contribution in [0, 0.1) is 22.4 Å². The summed E-state index contributed by atoms with van der Waals surface area (Å²) in [4.78, 5) is 37.6. The standard InChI is InChI=1S/C59H74FN11O8S/c1-36(2)43-9-7-8-10-44(43)49-35-69(34-39-15-20-61-57-52(39)62-30-37(3)78-57)23-24-71(49)41-28-59(29-41)18-21-70(22-19-59)40-11-12-45(50(25-40)79-51-27-46-47(60)33-65-53(46)66-56(51)77-6)55(72)67-80(75,76)42-26-48(68(5)74)54(64-32-42)63-31-38-13-16-58(4,73)17-14-38/h7-12,15,20,25-27,32-33,36-38,41,49,62,68,73H,13-14,16-19,21-24,28-31,34-35H2,1-6H3,(H,63,64)(H,65,66)(H,67,72)/t37?,38?,49-,58?/m0/s1. The van der Waals surface area contributed by atoms with Gasteiger partial charge in [-0.2, -0.15) is 4.98 Å². The van der Waals surface area contributed by atoms with Crippen molar-refractivity contribution in [1.29, 1.82) is 0 Å². The molecule has 7 heterocycles. The molecule has 21 heteroatoms. The molecule has 4 aromatic heterocycles. The highest BCUT2D eigenvalue weighted by molar-refractivity contribution is 7.90. The Morgan fingerprint density at radius 2 is 1.80 bits per heavy atom. The van der Waals surface area contributed by atoms with E-state index in [2.05, 4.69) is 101 Å². The first kappa shape index (κ1) is 55.3. The van der Waals surface area contributed by atoms with Crippen molar-refractivity contribution in [2.24, 2.45) is 11.3 Å². The molecule has 19 nitrogen and oxygen atoms in total. The van der Waals surface area contributed by atoms with Crippen molar-refractivity contribution in [3.05, 3.63) is 113 Å². The summed E-state index contributed by atoms with van der Waals surface area (Å²) >= 11 is 0. The van der Waals surface area contributed by atoms with Crippen molar-refractivity contribution in [3.63, 3.8) is 0 Å². The lowest BCUT2D eigenvalue weighted by molar-refractivity contribution is -0.751. The first-order valence-electron chi connectivity index (χ1n) is 28.1. The van der Waals surface area contributed by atoms with Gasteiger partial charge in [-0.1, -0.05) is 38.1 Å². The number of methoxy groups -OCH3 is 1. The van der Waals surface area contributed by atoms with Gasteiger partial charge in [0.2, 0.25) is 5.88 Å². The number of hydroxylamine groups is 1. The number of hydrogen-bond acceptors (Lipinski definition) is 16. The second-order valence-corrected chi connectivity index (χ2v) is 25.2. The second-order valence-electron chi connectivity index (χ2n) is 23.5. The number of rotatable bonds is 16. The second kappa shape index (κ2) is 22.4. The molecule has 0 bridgehead atoms. The molecule has 2 aliphatic carbocycles. The van der Waals surface area contributed by atoms with Crippen LogP contribution in [0.1, 0.15) is 118 Å². The van der Waals surface area contributed by atoms with E-state index in [0.717, 1.165) is 102 Å². The molecule has 11 rings (SSSR count). The first-order chi connectivity index (χ1) is 38.3. The summed E-state index contributed by atoms with van der Waals surface area (Å²) in [5.74, 6) is -0.0193. The summed E-state index contributed by atoms with van der Waals surface area (Å²) < 4.78 is 63.3.